The first-order chi connectivity index (χ1) is 8.52. The van der Waals surface area contributed by atoms with E-state index in [9.17, 15) is 0 Å². The van der Waals surface area contributed by atoms with Gasteiger partial charge in [0.05, 0.1) is 5.69 Å². The SMILES string of the molecule is CN(c1ccc(CN)nn1)C1CCC(C)(C)CC1. The standard InChI is InChI=1S/C14H24N4/c1-14(2)8-6-12(7-9-14)18(3)13-5-4-11(10-15)16-17-13/h4-5,12H,6-10,15H2,1-3H3. The smallest absolute Gasteiger partial charge is 0.151 e. The summed E-state index contributed by atoms with van der Waals surface area (Å²) in [5.74, 6) is 0.955. The van der Waals surface area contributed by atoms with E-state index in [1.807, 2.05) is 12.1 Å². The van der Waals surface area contributed by atoms with Crippen LogP contribution in [-0.2, 0) is 6.54 Å². The van der Waals surface area contributed by atoms with Crippen LogP contribution in [-0.4, -0.2) is 23.3 Å². The fourth-order valence-electron chi connectivity index (χ4n) is 2.61. The molecule has 0 spiro atoms. The van der Waals surface area contributed by atoms with Gasteiger partial charge in [-0.15, -0.1) is 5.10 Å². The molecule has 2 N–H and O–H groups in total. The topological polar surface area (TPSA) is 55.0 Å². The quantitative estimate of drug-likeness (QED) is 0.892. The van der Waals surface area contributed by atoms with Gasteiger partial charge in [0.25, 0.3) is 0 Å². The van der Waals surface area contributed by atoms with Crippen molar-refractivity contribution in [1.82, 2.24) is 10.2 Å². The molecule has 0 aromatic carbocycles. The number of rotatable bonds is 3. The Bertz CT molecular complexity index is 375. The summed E-state index contributed by atoms with van der Waals surface area (Å²) in [5.41, 5.74) is 6.88. The summed E-state index contributed by atoms with van der Waals surface area (Å²) in [4.78, 5) is 2.27. The zero-order chi connectivity index (χ0) is 13.2. The number of hydrogen-bond acceptors (Lipinski definition) is 4. The molecule has 0 saturated heterocycles. The lowest BCUT2D eigenvalue weighted by Crippen LogP contribution is -2.37. The second-order valence-electron chi connectivity index (χ2n) is 6.09. The third kappa shape index (κ3) is 2.99. The zero-order valence-electron chi connectivity index (χ0n) is 11.7. The summed E-state index contributed by atoms with van der Waals surface area (Å²) < 4.78 is 0. The molecule has 1 aromatic rings. The highest BCUT2D eigenvalue weighted by Crippen LogP contribution is 2.37. The molecule has 0 amide bonds. The van der Waals surface area contributed by atoms with Gasteiger partial charge >= 0.3 is 0 Å². The zero-order valence-corrected chi connectivity index (χ0v) is 11.7. The van der Waals surface area contributed by atoms with Crippen molar-refractivity contribution < 1.29 is 0 Å². The van der Waals surface area contributed by atoms with Crippen LogP contribution < -0.4 is 10.6 Å². The van der Waals surface area contributed by atoms with Crippen LogP contribution in [0.2, 0.25) is 0 Å². The molecule has 1 aliphatic carbocycles. The van der Waals surface area contributed by atoms with Crippen molar-refractivity contribution in [3.05, 3.63) is 17.8 Å². The van der Waals surface area contributed by atoms with Crippen molar-refractivity contribution in [2.75, 3.05) is 11.9 Å². The molecule has 0 aliphatic heterocycles. The summed E-state index contributed by atoms with van der Waals surface area (Å²) in [6, 6.07) is 4.58. The summed E-state index contributed by atoms with van der Waals surface area (Å²) >= 11 is 0. The lowest BCUT2D eigenvalue weighted by Gasteiger charge is -2.38. The molecule has 18 heavy (non-hydrogen) atoms. The van der Waals surface area contributed by atoms with E-state index in [-0.39, 0.29) is 0 Å². The van der Waals surface area contributed by atoms with Gasteiger partial charge in [0.1, 0.15) is 0 Å². The Kier molecular flexibility index (Phi) is 3.85. The van der Waals surface area contributed by atoms with Crippen LogP contribution in [0.1, 0.15) is 45.2 Å². The fraction of sp³-hybridized carbons (Fsp3) is 0.714. The average Bonchev–Trinajstić information content (AvgIpc) is 2.38. The molecule has 0 unspecified atom stereocenters. The first-order valence-electron chi connectivity index (χ1n) is 6.77. The molecule has 1 fully saturated rings. The van der Waals surface area contributed by atoms with Gasteiger partial charge in [-0.05, 0) is 43.2 Å². The Morgan fingerprint density at radius 3 is 2.44 bits per heavy atom. The molecule has 1 heterocycles. The number of aromatic nitrogens is 2. The van der Waals surface area contributed by atoms with Gasteiger partial charge in [-0.1, -0.05) is 13.8 Å². The van der Waals surface area contributed by atoms with E-state index < -0.39 is 0 Å². The molecule has 4 nitrogen and oxygen atoms in total. The highest BCUT2D eigenvalue weighted by molar-refractivity contribution is 5.37. The Hall–Kier alpha value is -1.16. The van der Waals surface area contributed by atoms with Gasteiger partial charge in [0, 0.05) is 19.6 Å². The normalized spacial score (nSPS) is 19.8. The highest BCUT2D eigenvalue weighted by Gasteiger charge is 2.29. The second kappa shape index (κ2) is 5.22. The van der Waals surface area contributed by atoms with E-state index in [2.05, 4.69) is 36.0 Å². The van der Waals surface area contributed by atoms with Crippen molar-refractivity contribution in [2.45, 2.75) is 52.1 Å². The molecule has 100 valence electrons. The molecular formula is C14H24N4. The fourth-order valence-corrected chi connectivity index (χ4v) is 2.61. The molecular weight excluding hydrogens is 224 g/mol. The molecule has 2 rings (SSSR count). The number of nitrogens with two attached hydrogens (primary N) is 1. The first kappa shape index (κ1) is 13.3. The third-order valence-electron chi connectivity index (χ3n) is 4.13. The summed E-state index contributed by atoms with van der Waals surface area (Å²) in [6.07, 6.45) is 5.06. The maximum atomic E-state index is 5.53. The van der Waals surface area contributed by atoms with Gasteiger partial charge in [-0.3, -0.25) is 0 Å². The first-order valence-corrected chi connectivity index (χ1v) is 6.77. The van der Waals surface area contributed by atoms with Gasteiger partial charge < -0.3 is 10.6 Å². The van der Waals surface area contributed by atoms with Crippen molar-refractivity contribution in [3.8, 4) is 0 Å². The Morgan fingerprint density at radius 1 is 1.28 bits per heavy atom. The summed E-state index contributed by atoms with van der Waals surface area (Å²) in [7, 11) is 2.12. The predicted molar refractivity (Wildman–Crippen MR) is 74.4 cm³/mol. The van der Waals surface area contributed by atoms with Gasteiger partial charge in [-0.2, -0.15) is 5.10 Å². The number of hydrogen-bond donors (Lipinski definition) is 1. The van der Waals surface area contributed by atoms with Crippen molar-refractivity contribution in [1.29, 1.82) is 0 Å². The minimum Gasteiger partial charge on any atom is -0.355 e. The number of nitrogens with zero attached hydrogens (tertiary/aromatic N) is 3. The Labute approximate surface area is 110 Å². The summed E-state index contributed by atoms with van der Waals surface area (Å²) in [6.45, 7) is 5.17. The lowest BCUT2D eigenvalue weighted by atomic mass is 9.75. The summed E-state index contributed by atoms with van der Waals surface area (Å²) in [5, 5.41) is 8.38. The van der Waals surface area contributed by atoms with E-state index in [0.29, 0.717) is 18.0 Å². The Morgan fingerprint density at radius 2 is 1.94 bits per heavy atom. The number of anilines is 1. The van der Waals surface area contributed by atoms with E-state index in [0.717, 1.165) is 11.5 Å². The maximum absolute atomic E-state index is 5.53. The third-order valence-corrected chi connectivity index (χ3v) is 4.13. The van der Waals surface area contributed by atoms with Crippen LogP contribution in [0.3, 0.4) is 0 Å². The molecule has 1 saturated carbocycles. The highest BCUT2D eigenvalue weighted by atomic mass is 15.3. The largest absolute Gasteiger partial charge is 0.355 e. The van der Waals surface area contributed by atoms with Crippen LogP contribution in [0, 0.1) is 5.41 Å². The van der Waals surface area contributed by atoms with E-state index in [1.54, 1.807) is 0 Å². The van der Waals surface area contributed by atoms with Crippen molar-refractivity contribution in [3.63, 3.8) is 0 Å². The Balaban J connectivity index is 2.00. The lowest BCUT2D eigenvalue weighted by molar-refractivity contribution is 0.222. The molecule has 1 aromatic heterocycles. The van der Waals surface area contributed by atoms with E-state index in [4.69, 9.17) is 5.73 Å². The van der Waals surface area contributed by atoms with Crippen LogP contribution in [0.15, 0.2) is 12.1 Å². The molecule has 0 atom stereocenters. The molecule has 0 radical (unpaired) electrons. The van der Waals surface area contributed by atoms with Crippen molar-refractivity contribution in [2.24, 2.45) is 11.1 Å². The van der Waals surface area contributed by atoms with Crippen molar-refractivity contribution >= 4 is 5.82 Å². The van der Waals surface area contributed by atoms with Crippen LogP contribution in [0.5, 0.6) is 0 Å². The van der Waals surface area contributed by atoms with Crippen LogP contribution in [0.4, 0.5) is 5.82 Å². The van der Waals surface area contributed by atoms with E-state index in [1.165, 1.54) is 25.7 Å². The second-order valence-corrected chi connectivity index (χ2v) is 6.09. The minimum atomic E-state index is 0.453. The maximum Gasteiger partial charge on any atom is 0.151 e. The van der Waals surface area contributed by atoms with Crippen LogP contribution >= 0.6 is 0 Å². The molecule has 4 heteroatoms. The van der Waals surface area contributed by atoms with E-state index >= 15 is 0 Å². The van der Waals surface area contributed by atoms with Gasteiger partial charge in [0.2, 0.25) is 0 Å². The monoisotopic (exact) mass is 248 g/mol. The minimum absolute atomic E-state index is 0.453. The average molecular weight is 248 g/mol. The van der Waals surface area contributed by atoms with Gasteiger partial charge in [0.15, 0.2) is 5.82 Å². The predicted octanol–water partition coefficient (Wildman–Crippen LogP) is 2.34. The molecule has 0 bridgehead atoms. The van der Waals surface area contributed by atoms with Gasteiger partial charge in [-0.25, -0.2) is 0 Å². The van der Waals surface area contributed by atoms with Crippen LogP contribution in [0.25, 0.3) is 0 Å². The molecule has 1 aliphatic rings.